The van der Waals surface area contributed by atoms with Crippen LogP contribution in [0.25, 0.3) is 0 Å². The fourth-order valence-corrected chi connectivity index (χ4v) is 3.84. The van der Waals surface area contributed by atoms with Gasteiger partial charge in [0.25, 0.3) is 0 Å². The van der Waals surface area contributed by atoms with Crippen LogP contribution >= 0.6 is 0 Å². The third-order valence-electron chi connectivity index (χ3n) is 5.87. The monoisotopic (exact) mass is 488 g/mol. The molecular formula is C24H22F6O4. The highest BCUT2D eigenvalue weighted by Crippen LogP contribution is 2.49. The van der Waals surface area contributed by atoms with Gasteiger partial charge in [-0.2, -0.15) is 26.3 Å². The van der Waals surface area contributed by atoms with Crippen LogP contribution in [-0.2, 0) is 31.4 Å². The number of alkyl halides is 6. The molecule has 0 bridgehead atoms. The highest BCUT2D eigenvalue weighted by atomic mass is 19.4. The normalized spacial score (nSPS) is 23.3. The maximum atomic E-state index is 12.5. The number of carbonyl (C=O) groups is 2. The summed E-state index contributed by atoms with van der Waals surface area (Å²) in [7, 11) is 2.56. The SMILES string of the molecule is COC(=O)C1CC1c1cccc(C(F)(F)F)c1.COC(=O)C1CC1c1cccc(C(F)(F)F)c1. The molecule has 34 heavy (non-hydrogen) atoms. The molecule has 4 nitrogen and oxygen atoms in total. The Kier molecular flexibility index (Phi) is 7.28. The molecule has 2 aromatic rings. The van der Waals surface area contributed by atoms with Gasteiger partial charge < -0.3 is 9.47 Å². The molecule has 2 fully saturated rings. The maximum absolute atomic E-state index is 12.5. The number of ether oxygens (including phenoxy) is 2. The van der Waals surface area contributed by atoms with Crippen molar-refractivity contribution in [2.24, 2.45) is 11.8 Å². The molecule has 184 valence electrons. The van der Waals surface area contributed by atoms with Crippen molar-refractivity contribution in [3.63, 3.8) is 0 Å². The lowest BCUT2D eigenvalue weighted by Crippen LogP contribution is -2.06. The van der Waals surface area contributed by atoms with E-state index in [0.717, 1.165) is 24.3 Å². The first-order valence-corrected chi connectivity index (χ1v) is 10.4. The van der Waals surface area contributed by atoms with Crippen molar-refractivity contribution in [3.8, 4) is 0 Å². The predicted molar refractivity (Wildman–Crippen MR) is 109 cm³/mol. The average Bonchev–Trinajstić information content (AvgIpc) is 3.71. The molecule has 10 heteroatoms. The minimum Gasteiger partial charge on any atom is -0.469 e. The Bertz CT molecular complexity index is 963. The van der Waals surface area contributed by atoms with Gasteiger partial charge in [0.15, 0.2) is 0 Å². The van der Waals surface area contributed by atoms with Crippen LogP contribution in [-0.4, -0.2) is 26.2 Å². The third-order valence-corrected chi connectivity index (χ3v) is 5.87. The van der Waals surface area contributed by atoms with Crippen LogP contribution in [0.1, 0.15) is 46.9 Å². The van der Waals surface area contributed by atoms with E-state index < -0.39 is 23.5 Å². The lowest BCUT2D eigenvalue weighted by molar-refractivity contribution is -0.143. The van der Waals surface area contributed by atoms with Gasteiger partial charge >= 0.3 is 24.3 Å². The van der Waals surface area contributed by atoms with Crippen molar-refractivity contribution in [2.45, 2.75) is 37.0 Å². The van der Waals surface area contributed by atoms with Crippen molar-refractivity contribution < 1.29 is 45.4 Å². The Morgan fingerprint density at radius 2 is 1.06 bits per heavy atom. The van der Waals surface area contributed by atoms with Crippen LogP contribution in [0.4, 0.5) is 26.3 Å². The summed E-state index contributed by atoms with van der Waals surface area (Å²) in [6.07, 6.45) is -7.56. The molecule has 0 N–H and O–H groups in total. The summed E-state index contributed by atoms with van der Waals surface area (Å²) < 4.78 is 84.0. The van der Waals surface area contributed by atoms with Crippen molar-refractivity contribution in [3.05, 3.63) is 70.8 Å². The van der Waals surface area contributed by atoms with E-state index in [4.69, 9.17) is 0 Å². The van der Waals surface area contributed by atoms with Crippen LogP contribution in [0.2, 0.25) is 0 Å². The summed E-state index contributed by atoms with van der Waals surface area (Å²) in [6.45, 7) is 0. The summed E-state index contributed by atoms with van der Waals surface area (Å²) in [5.74, 6) is -1.55. The second-order valence-corrected chi connectivity index (χ2v) is 8.19. The minimum absolute atomic E-state index is 0.134. The molecule has 2 aromatic carbocycles. The van der Waals surface area contributed by atoms with Crippen molar-refractivity contribution in [1.82, 2.24) is 0 Å². The average molecular weight is 488 g/mol. The lowest BCUT2D eigenvalue weighted by atomic mass is 10.1. The molecule has 2 saturated carbocycles. The van der Waals surface area contributed by atoms with E-state index in [1.165, 1.54) is 26.4 Å². The highest BCUT2D eigenvalue weighted by Gasteiger charge is 2.46. The summed E-state index contributed by atoms with van der Waals surface area (Å²) in [4.78, 5) is 22.4. The summed E-state index contributed by atoms with van der Waals surface area (Å²) in [6, 6.07) is 10.2. The minimum atomic E-state index is -4.34. The fourth-order valence-electron chi connectivity index (χ4n) is 3.84. The maximum Gasteiger partial charge on any atom is 0.416 e. The topological polar surface area (TPSA) is 52.6 Å². The molecule has 2 aliphatic carbocycles. The Morgan fingerprint density at radius 1 is 0.706 bits per heavy atom. The lowest BCUT2D eigenvalue weighted by Gasteiger charge is -2.08. The van der Waals surface area contributed by atoms with Gasteiger partial charge in [0.2, 0.25) is 0 Å². The van der Waals surface area contributed by atoms with Gasteiger partial charge in [-0.1, -0.05) is 36.4 Å². The molecule has 0 aliphatic heterocycles. The summed E-state index contributed by atoms with van der Waals surface area (Å²) >= 11 is 0. The highest BCUT2D eigenvalue weighted by molar-refractivity contribution is 5.77. The number of carbonyl (C=O) groups excluding carboxylic acids is 2. The second kappa shape index (κ2) is 9.68. The quantitative estimate of drug-likeness (QED) is 0.394. The van der Waals surface area contributed by atoms with E-state index in [9.17, 15) is 35.9 Å². The third kappa shape index (κ3) is 6.09. The van der Waals surface area contributed by atoms with E-state index in [-0.39, 0.29) is 35.6 Å². The summed E-state index contributed by atoms with van der Waals surface area (Å²) in [5, 5.41) is 0. The second-order valence-electron chi connectivity index (χ2n) is 8.19. The molecule has 4 atom stereocenters. The van der Waals surface area contributed by atoms with E-state index in [2.05, 4.69) is 9.47 Å². The van der Waals surface area contributed by atoms with E-state index in [1.54, 1.807) is 12.1 Å². The molecule has 4 rings (SSSR count). The van der Waals surface area contributed by atoms with Crippen LogP contribution in [0.5, 0.6) is 0 Å². The Balaban J connectivity index is 0.000000191. The fraction of sp³-hybridized carbons (Fsp3) is 0.417. The number of hydrogen-bond donors (Lipinski definition) is 0. The molecule has 0 aromatic heterocycles. The largest absolute Gasteiger partial charge is 0.469 e. The van der Waals surface area contributed by atoms with E-state index in [0.29, 0.717) is 24.0 Å². The van der Waals surface area contributed by atoms with Gasteiger partial charge in [0.05, 0.1) is 37.2 Å². The smallest absolute Gasteiger partial charge is 0.416 e. The Morgan fingerprint density at radius 3 is 1.35 bits per heavy atom. The van der Waals surface area contributed by atoms with Crippen molar-refractivity contribution in [2.75, 3.05) is 14.2 Å². The Hall–Kier alpha value is -3.04. The Labute approximate surface area is 191 Å². The van der Waals surface area contributed by atoms with Gasteiger partial charge in [0, 0.05) is 0 Å². The van der Waals surface area contributed by atoms with Gasteiger partial charge in [-0.05, 0) is 47.9 Å². The molecule has 0 heterocycles. The number of hydrogen-bond acceptors (Lipinski definition) is 4. The molecule has 0 amide bonds. The van der Waals surface area contributed by atoms with Gasteiger partial charge in [-0.3, -0.25) is 9.59 Å². The number of rotatable bonds is 4. The zero-order chi connectivity index (χ0) is 25.3. The predicted octanol–water partition coefficient (Wildman–Crippen LogP) is 5.96. The van der Waals surface area contributed by atoms with Crippen LogP contribution in [0, 0.1) is 11.8 Å². The van der Waals surface area contributed by atoms with Crippen molar-refractivity contribution >= 4 is 11.9 Å². The first-order chi connectivity index (χ1) is 15.9. The van der Waals surface area contributed by atoms with Gasteiger partial charge in [-0.15, -0.1) is 0 Å². The van der Waals surface area contributed by atoms with Crippen LogP contribution in [0.3, 0.4) is 0 Å². The molecule has 2 aliphatic rings. The molecule has 0 radical (unpaired) electrons. The van der Waals surface area contributed by atoms with Gasteiger partial charge in [0.1, 0.15) is 0 Å². The zero-order valence-electron chi connectivity index (χ0n) is 18.2. The molecule has 4 unspecified atom stereocenters. The number of esters is 2. The first-order valence-electron chi connectivity index (χ1n) is 10.4. The van der Waals surface area contributed by atoms with Crippen LogP contribution < -0.4 is 0 Å². The standard InChI is InChI=1S/2C12H11F3O2/c2*1-17-11(16)10-6-9(10)7-3-2-4-8(5-7)12(13,14)15/h2*2-5,9-10H,6H2,1H3. The number of methoxy groups -OCH3 is 2. The zero-order valence-corrected chi connectivity index (χ0v) is 18.2. The van der Waals surface area contributed by atoms with Gasteiger partial charge in [-0.25, -0.2) is 0 Å². The van der Waals surface area contributed by atoms with Crippen LogP contribution in [0.15, 0.2) is 48.5 Å². The number of benzene rings is 2. The molecular weight excluding hydrogens is 466 g/mol. The van der Waals surface area contributed by atoms with E-state index >= 15 is 0 Å². The molecule has 0 spiro atoms. The molecule has 0 saturated heterocycles. The summed E-state index contributed by atoms with van der Waals surface area (Å²) in [5.41, 5.74) is -0.249. The van der Waals surface area contributed by atoms with E-state index in [1.807, 2.05) is 0 Å². The van der Waals surface area contributed by atoms with Crippen molar-refractivity contribution in [1.29, 1.82) is 0 Å². The number of halogens is 6. The first kappa shape index (κ1) is 25.6.